The monoisotopic (exact) mass is 289 g/mol. The minimum absolute atomic E-state index is 0.235. The lowest BCUT2D eigenvalue weighted by Gasteiger charge is -2.11. The second-order valence-corrected chi connectivity index (χ2v) is 5.62. The molecule has 1 aromatic heterocycles. The van der Waals surface area contributed by atoms with Crippen LogP contribution in [0.1, 0.15) is 24.2 Å². The number of aromatic nitrogens is 1. The van der Waals surface area contributed by atoms with Crippen LogP contribution in [-0.2, 0) is 4.74 Å². The van der Waals surface area contributed by atoms with Crippen molar-refractivity contribution in [3.63, 3.8) is 0 Å². The normalized spacial score (nSPS) is 12.2. The fraction of sp³-hybridized carbons (Fsp3) is 0.636. The first-order valence-corrected chi connectivity index (χ1v) is 7.91. The number of hydrogen-bond donors (Lipinski definition) is 2. The summed E-state index contributed by atoms with van der Waals surface area (Å²) in [7, 11) is 0. The van der Waals surface area contributed by atoms with Gasteiger partial charge in [0.15, 0.2) is 5.82 Å². The third-order valence-electron chi connectivity index (χ3n) is 2.26. The molecule has 0 aromatic carbocycles. The zero-order valence-corrected chi connectivity index (χ0v) is 12.5. The molecular formula is C11H19N3O2S2. The lowest BCUT2D eigenvalue weighted by Crippen LogP contribution is -2.15. The van der Waals surface area contributed by atoms with Crippen LogP contribution in [0.5, 0.6) is 0 Å². The molecule has 1 heterocycles. The third-order valence-corrected chi connectivity index (χ3v) is 3.98. The van der Waals surface area contributed by atoms with E-state index in [-0.39, 0.29) is 5.82 Å². The van der Waals surface area contributed by atoms with E-state index in [0.29, 0.717) is 23.1 Å². The summed E-state index contributed by atoms with van der Waals surface area (Å²) in [6, 6.07) is 0. The summed E-state index contributed by atoms with van der Waals surface area (Å²) in [5, 5.41) is 3.91. The molecule has 1 rings (SSSR count). The van der Waals surface area contributed by atoms with Gasteiger partial charge in [-0.05, 0) is 36.4 Å². The number of rotatable bonds is 7. The van der Waals surface area contributed by atoms with Gasteiger partial charge in [-0.15, -0.1) is 0 Å². The predicted molar refractivity (Wildman–Crippen MR) is 78.5 cm³/mol. The van der Waals surface area contributed by atoms with Crippen molar-refractivity contribution in [1.29, 1.82) is 0 Å². The molecule has 1 atom stereocenters. The number of carbonyl (C=O) groups excluding carboxylic acids is 1. The summed E-state index contributed by atoms with van der Waals surface area (Å²) in [5.74, 6) is 1.40. The fourth-order valence-electron chi connectivity index (χ4n) is 1.43. The van der Waals surface area contributed by atoms with E-state index < -0.39 is 5.97 Å². The second kappa shape index (κ2) is 7.48. The standard InChI is InChI=1S/C11H19N3O2S2/c1-4-16-11(15)8-9(12)14-18-10(8)13-5-7(2)6-17-3/h7,13H,4-6H2,1-3H3,(H2,12,14). The molecular weight excluding hydrogens is 270 g/mol. The Hall–Kier alpha value is -0.950. The van der Waals surface area contributed by atoms with E-state index in [1.807, 2.05) is 0 Å². The average Bonchev–Trinajstić information content (AvgIpc) is 2.68. The first-order valence-electron chi connectivity index (χ1n) is 5.75. The number of nitrogens with one attached hydrogen (secondary N) is 1. The van der Waals surface area contributed by atoms with E-state index in [1.54, 1.807) is 18.7 Å². The van der Waals surface area contributed by atoms with Crippen LogP contribution in [0.4, 0.5) is 10.8 Å². The number of esters is 1. The van der Waals surface area contributed by atoms with Gasteiger partial charge in [0, 0.05) is 6.54 Å². The Labute approximate surface area is 116 Å². The molecule has 1 unspecified atom stereocenters. The molecule has 0 aliphatic carbocycles. The number of ether oxygens (including phenoxy) is 1. The van der Waals surface area contributed by atoms with Gasteiger partial charge in [0.1, 0.15) is 10.6 Å². The number of thioether (sulfide) groups is 1. The molecule has 7 heteroatoms. The molecule has 0 aliphatic heterocycles. The minimum atomic E-state index is -0.413. The largest absolute Gasteiger partial charge is 0.462 e. The van der Waals surface area contributed by atoms with E-state index in [2.05, 4.69) is 22.9 Å². The Morgan fingerprint density at radius 1 is 1.67 bits per heavy atom. The van der Waals surface area contributed by atoms with Crippen LogP contribution in [0.25, 0.3) is 0 Å². The first kappa shape index (κ1) is 15.1. The van der Waals surface area contributed by atoms with Crippen molar-refractivity contribution in [1.82, 2.24) is 4.37 Å². The Morgan fingerprint density at radius 3 is 3.00 bits per heavy atom. The molecule has 0 saturated carbocycles. The molecule has 3 N–H and O–H groups in total. The van der Waals surface area contributed by atoms with Crippen LogP contribution >= 0.6 is 23.3 Å². The molecule has 0 bridgehead atoms. The average molecular weight is 289 g/mol. The number of anilines is 2. The van der Waals surface area contributed by atoms with Gasteiger partial charge in [-0.2, -0.15) is 16.1 Å². The molecule has 18 heavy (non-hydrogen) atoms. The summed E-state index contributed by atoms with van der Waals surface area (Å²) < 4.78 is 8.96. The highest BCUT2D eigenvalue weighted by atomic mass is 32.2. The molecule has 0 fully saturated rings. The van der Waals surface area contributed by atoms with Gasteiger partial charge in [-0.3, -0.25) is 0 Å². The number of hydrogen-bond acceptors (Lipinski definition) is 7. The molecule has 0 aliphatic rings. The Balaban J connectivity index is 2.68. The van der Waals surface area contributed by atoms with Crippen molar-refractivity contribution in [3.8, 4) is 0 Å². The quantitative estimate of drug-likeness (QED) is 0.750. The summed E-state index contributed by atoms with van der Waals surface area (Å²) in [5.41, 5.74) is 6.05. The summed E-state index contributed by atoms with van der Waals surface area (Å²) in [6.45, 7) is 5.03. The van der Waals surface area contributed by atoms with Crippen LogP contribution in [-0.4, -0.2) is 35.5 Å². The van der Waals surface area contributed by atoms with Gasteiger partial charge in [-0.1, -0.05) is 6.92 Å². The van der Waals surface area contributed by atoms with E-state index in [0.717, 1.165) is 12.3 Å². The Morgan fingerprint density at radius 2 is 2.39 bits per heavy atom. The summed E-state index contributed by atoms with van der Waals surface area (Å²) >= 11 is 3.00. The highest BCUT2D eigenvalue weighted by Crippen LogP contribution is 2.27. The van der Waals surface area contributed by atoms with Crippen LogP contribution in [0, 0.1) is 5.92 Å². The number of nitrogens with two attached hydrogens (primary N) is 1. The maximum atomic E-state index is 11.7. The van der Waals surface area contributed by atoms with Crippen LogP contribution in [0.2, 0.25) is 0 Å². The smallest absolute Gasteiger partial charge is 0.344 e. The topological polar surface area (TPSA) is 77.2 Å². The first-order chi connectivity index (χ1) is 8.60. The molecule has 0 radical (unpaired) electrons. The Bertz CT molecular complexity index is 396. The Kier molecular flexibility index (Phi) is 6.28. The third kappa shape index (κ3) is 4.06. The zero-order chi connectivity index (χ0) is 13.5. The van der Waals surface area contributed by atoms with Gasteiger partial charge in [0.25, 0.3) is 0 Å². The van der Waals surface area contributed by atoms with Gasteiger partial charge in [0.05, 0.1) is 6.61 Å². The van der Waals surface area contributed by atoms with Crippen molar-refractivity contribution in [2.24, 2.45) is 5.92 Å². The molecule has 0 amide bonds. The van der Waals surface area contributed by atoms with Crippen LogP contribution in [0.3, 0.4) is 0 Å². The molecule has 0 saturated heterocycles. The molecule has 1 aromatic rings. The van der Waals surface area contributed by atoms with Crippen LogP contribution in [0.15, 0.2) is 0 Å². The maximum absolute atomic E-state index is 11.7. The predicted octanol–water partition coefficient (Wildman–Crippen LogP) is 2.31. The zero-order valence-electron chi connectivity index (χ0n) is 10.9. The van der Waals surface area contributed by atoms with E-state index >= 15 is 0 Å². The van der Waals surface area contributed by atoms with Crippen molar-refractivity contribution in [3.05, 3.63) is 5.56 Å². The van der Waals surface area contributed by atoms with Crippen molar-refractivity contribution in [2.75, 3.05) is 36.2 Å². The van der Waals surface area contributed by atoms with E-state index in [9.17, 15) is 4.79 Å². The number of nitrogens with zero attached hydrogens (tertiary/aromatic N) is 1. The second-order valence-electron chi connectivity index (χ2n) is 3.93. The molecule has 5 nitrogen and oxygen atoms in total. The van der Waals surface area contributed by atoms with Crippen molar-refractivity contribution >= 4 is 40.1 Å². The molecule has 0 spiro atoms. The van der Waals surface area contributed by atoms with E-state index in [4.69, 9.17) is 10.5 Å². The minimum Gasteiger partial charge on any atom is -0.462 e. The maximum Gasteiger partial charge on any atom is 0.344 e. The molecule has 102 valence electrons. The van der Waals surface area contributed by atoms with Gasteiger partial charge < -0.3 is 15.8 Å². The summed E-state index contributed by atoms with van der Waals surface area (Å²) in [6.07, 6.45) is 2.07. The number of carbonyl (C=O) groups is 1. The fourth-order valence-corrected chi connectivity index (χ4v) is 2.83. The van der Waals surface area contributed by atoms with Gasteiger partial charge in [0.2, 0.25) is 0 Å². The van der Waals surface area contributed by atoms with E-state index in [1.165, 1.54) is 11.5 Å². The van der Waals surface area contributed by atoms with Crippen molar-refractivity contribution in [2.45, 2.75) is 13.8 Å². The summed E-state index contributed by atoms with van der Waals surface area (Å²) in [4.78, 5) is 11.7. The van der Waals surface area contributed by atoms with Crippen LogP contribution < -0.4 is 11.1 Å². The lowest BCUT2D eigenvalue weighted by molar-refractivity contribution is 0.0529. The highest BCUT2D eigenvalue weighted by molar-refractivity contribution is 7.98. The van der Waals surface area contributed by atoms with Gasteiger partial charge in [-0.25, -0.2) is 4.79 Å². The van der Waals surface area contributed by atoms with Gasteiger partial charge >= 0.3 is 5.97 Å². The lowest BCUT2D eigenvalue weighted by atomic mass is 10.2. The SMILES string of the molecule is CCOC(=O)c1c(N)nsc1NCC(C)CSC. The van der Waals surface area contributed by atoms with Crippen molar-refractivity contribution < 1.29 is 9.53 Å². The highest BCUT2D eigenvalue weighted by Gasteiger charge is 2.20. The number of nitrogen functional groups attached to an aromatic ring is 1.